The number of aryl methyl sites for hydroxylation is 1. The molecule has 0 saturated heterocycles. The summed E-state index contributed by atoms with van der Waals surface area (Å²) in [5.74, 6) is -1.48. The molecule has 18 heteroatoms. The molecule has 0 aliphatic rings. The van der Waals surface area contributed by atoms with Crippen molar-refractivity contribution in [2.45, 2.75) is 25.7 Å². The smallest absolute Gasteiger partial charge is 0.396 e. The van der Waals surface area contributed by atoms with E-state index in [9.17, 15) is 22.5 Å². The van der Waals surface area contributed by atoms with Gasteiger partial charge < -0.3 is 21.1 Å². The van der Waals surface area contributed by atoms with Crippen molar-refractivity contribution in [2.24, 2.45) is 0 Å². The number of aliphatic hydroxyl groups excluding tert-OH is 1. The van der Waals surface area contributed by atoms with E-state index in [1.807, 2.05) is 0 Å². The maximum atomic E-state index is 13.9. The summed E-state index contributed by atoms with van der Waals surface area (Å²) in [5, 5.41) is 21.1. The van der Waals surface area contributed by atoms with E-state index >= 15 is 0 Å². The fourth-order valence-corrected chi connectivity index (χ4v) is 4.52. The zero-order valence-corrected chi connectivity index (χ0v) is 24.7. The molecule has 0 fully saturated rings. The summed E-state index contributed by atoms with van der Waals surface area (Å²) in [6.45, 7) is 0.315. The Balaban J connectivity index is 1.66. The molecule has 4 rings (SSSR count). The number of rotatable bonds is 12. The minimum atomic E-state index is -4.83. The second kappa shape index (κ2) is 14.0. The van der Waals surface area contributed by atoms with Gasteiger partial charge in [0, 0.05) is 47.2 Å². The number of nitrogens with zero attached hydrogens (tertiary/aromatic N) is 5. The Hall–Kier alpha value is -4.02. The van der Waals surface area contributed by atoms with E-state index in [0.717, 1.165) is 0 Å². The average molecular weight is 684 g/mol. The number of aromatic nitrogens is 5. The molecule has 0 aliphatic heterocycles. The summed E-state index contributed by atoms with van der Waals surface area (Å²) in [6.07, 6.45) is -0.539. The van der Waals surface area contributed by atoms with E-state index in [4.69, 9.17) is 10.00 Å². The quantitative estimate of drug-likeness (QED) is 0.128. The highest BCUT2D eigenvalue weighted by atomic mass is 79.9. The lowest BCUT2D eigenvalue weighted by Gasteiger charge is -2.17. The van der Waals surface area contributed by atoms with Crippen molar-refractivity contribution in [3.05, 3.63) is 70.2 Å². The summed E-state index contributed by atoms with van der Waals surface area (Å²) in [6, 6.07) is 7.65. The van der Waals surface area contributed by atoms with Gasteiger partial charge in [0.25, 0.3) is 5.91 Å². The molecule has 0 bridgehead atoms. The van der Waals surface area contributed by atoms with E-state index in [1.165, 1.54) is 25.4 Å². The summed E-state index contributed by atoms with van der Waals surface area (Å²) in [5.41, 5.74) is 0.450. The van der Waals surface area contributed by atoms with Crippen molar-refractivity contribution in [1.29, 1.82) is 0 Å². The summed E-state index contributed by atoms with van der Waals surface area (Å²) in [4.78, 5) is 33.7. The Morgan fingerprint density at radius 2 is 1.91 bits per heavy atom. The van der Waals surface area contributed by atoms with Gasteiger partial charge >= 0.3 is 14.4 Å². The number of pyridine rings is 1. The number of hydrogen-bond acceptors (Lipinski definition) is 10. The van der Waals surface area contributed by atoms with Crippen LogP contribution in [-0.4, -0.2) is 54.3 Å². The SMILES string of the molecule is CNC(=O)c1nc(-c2cnn(CCCO)c2)ccc1Nc1nc(Nc2ccc(CO[P+](=O)O)cc2Br)ncc1C(F)(F)F. The number of amides is 1. The average Bonchev–Trinajstić information content (AvgIpc) is 3.44. The number of alkyl halides is 3. The first-order valence-electron chi connectivity index (χ1n) is 12.4. The third-order valence-corrected chi connectivity index (χ3v) is 6.79. The minimum absolute atomic E-state index is 0.0103. The molecule has 5 N–H and O–H groups in total. The molecule has 1 unspecified atom stereocenters. The maximum Gasteiger partial charge on any atom is 0.695 e. The van der Waals surface area contributed by atoms with Crippen LogP contribution < -0.4 is 16.0 Å². The topological polar surface area (TPSA) is 176 Å². The molecule has 3 aromatic heterocycles. The number of carbonyl (C=O) groups excluding carboxylic acids is 1. The minimum Gasteiger partial charge on any atom is -0.396 e. The monoisotopic (exact) mass is 683 g/mol. The Bertz CT molecular complexity index is 1640. The van der Waals surface area contributed by atoms with Crippen LogP contribution in [0.1, 0.15) is 28.0 Å². The Morgan fingerprint density at radius 3 is 2.58 bits per heavy atom. The number of carbonyl (C=O) groups is 1. The number of nitrogens with one attached hydrogen (secondary N) is 3. The predicted octanol–water partition coefficient (Wildman–Crippen LogP) is 4.91. The molecule has 0 radical (unpaired) electrons. The third-order valence-electron chi connectivity index (χ3n) is 5.78. The molecule has 0 spiro atoms. The van der Waals surface area contributed by atoms with E-state index in [-0.39, 0.29) is 30.5 Å². The fraction of sp³-hybridized carbons (Fsp3) is 0.240. The lowest BCUT2D eigenvalue weighted by molar-refractivity contribution is -0.137. The van der Waals surface area contributed by atoms with Crippen molar-refractivity contribution < 1.29 is 37.1 Å². The zero-order valence-electron chi connectivity index (χ0n) is 22.3. The van der Waals surface area contributed by atoms with E-state index in [1.54, 1.807) is 29.1 Å². The lowest BCUT2D eigenvalue weighted by Crippen LogP contribution is -2.21. The molecule has 1 aromatic carbocycles. The summed E-state index contributed by atoms with van der Waals surface area (Å²) >= 11 is 3.33. The van der Waals surface area contributed by atoms with Crippen molar-refractivity contribution in [1.82, 2.24) is 30.0 Å². The van der Waals surface area contributed by atoms with Crippen molar-refractivity contribution >= 4 is 53.2 Å². The largest absolute Gasteiger partial charge is 0.695 e. The molecule has 0 saturated carbocycles. The Labute approximate surface area is 251 Å². The normalized spacial score (nSPS) is 11.7. The van der Waals surface area contributed by atoms with Crippen LogP contribution in [0.4, 0.5) is 36.3 Å². The van der Waals surface area contributed by atoms with Gasteiger partial charge in [0.05, 0.1) is 23.3 Å². The molecule has 1 amide bonds. The second-order valence-corrected chi connectivity index (χ2v) is 10.4. The third kappa shape index (κ3) is 8.30. The number of aliphatic hydroxyl groups is 1. The first-order chi connectivity index (χ1) is 20.5. The molecule has 13 nitrogen and oxygen atoms in total. The summed E-state index contributed by atoms with van der Waals surface area (Å²) in [7, 11) is -1.42. The first-order valence-corrected chi connectivity index (χ1v) is 14.3. The first kappa shape index (κ1) is 31.9. The molecule has 226 valence electrons. The van der Waals surface area contributed by atoms with Crippen LogP contribution in [-0.2, 0) is 28.4 Å². The molecule has 1 atom stereocenters. The van der Waals surface area contributed by atoms with E-state index in [0.29, 0.717) is 46.1 Å². The van der Waals surface area contributed by atoms with Crippen LogP contribution in [0.3, 0.4) is 0 Å². The van der Waals surface area contributed by atoms with Gasteiger partial charge in [-0.05, 0) is 52.2 Å². The molecule has 0 aliphatic carbocycles. The van der Waals surface area contributed by atoms with Gasteiger partial charge in [-0.1, -0.05) is 6.07 Å². The molecule has 3 heterocycles. The van der Waals surface area contributed by atoms with Crippen molar-refractivity contribution in [2.75, 3.05) is 24.3 Å². The van der Waals surface area contributed by atoms with E-state index < -0.39 is 31.7 Å². The summed E-state index contributed by atoms with van der Waals surface area (Å²) < 4.78 is 59.3. The highest BCUT2D eigenvalue weighted by molar-refractivity contribution is 9.10. The van der Waals surface area contributed by atoms with Crippen LogP contribution in [0.5, 0.6) is 0 Å². The maximum absolute atomic E-state index is 13.9. The van der Waals surface area contributed by atoms with Crippen molar-refractivity contribution in [3.8, 4) is 11.3 Å². The standard InChI is InChI=1S/C25H23BrF3N8O5P/c1-30-23(39)21-20(6-5-18(33-21)15-10-32-37(12-15)7-2-8-38)34-22-16(25(27,28)29)11-31-24(36-22)35-19-4-3-14(9-17(19)26)13-42-43(40)41/h3-6,9-12,38H,2,7-8,13H2,1H3,(H3-,30,31,34,35,36,39,40,41)/p+1. The lowest BCUT2D eigenvalue weighted by atomic mass is 10.1. The molecule has 4 aromatic rings. The number of hydrogen-bond donors (Lipinski definition) is 5. The molecule has 43 heavy (non-hydrogen) atoms. The fourth-order valence-electron chi connectivity index (χ4n) is 3.74. The Morgan fingerprint density at radius 1 is 1.14 bits per heavy atom. The van der Waals surface area contributed by atoms with Gasteiger partial charge in [0.2, 0.25) is 5.95 Å². The van der Waals surface area contributed by atoms with Gasteiger partial charge in [0.1, 0.15) is 18.0 Å². The van der Waals surface area contributed by atoms with Crippen LogP contribution in [0.2, 0.25) is 0 Å². The van der Waals surface area contributed by atoms with Crippen LogP contribution >= 0.6 is 24.2 Å². The Kier molecular flexibility index (Phi) is 10.4. The van der Waals surface area contributed by atoms with Gasteiger partial charge in [-0.15, -0.1) is 9.42 Å². The molecular formula is C25H24BrF3N8O5P+. The second-order valence-electron chi connectivity index (χ2n) is 8.77. The molecular weight excluding hydrogens is 660 g/mol. The number of anilines is 4. The van der Waals surface area contributed by atoms with Gasteiger partial charge in [-0.2, -0.15) is 23.3 Å². The van der Waals surface area contributed by atoms with Crippen LogP contribution in [0, 0.1) is 0 Å². The van der Waals surface area contributed by atoms with Crippen LogP contribution in [0.15, 0.2) is 53.4 Å². The van der Waals surface area contributed by atoms with Gasteiger partial charge in [-0.3, -0.25) is 9.48 Å². The van der Waals surface area contributed by atoms with E-state index in [2.05, 4.69) is 56.5 Å². The highest BCUT2D eigenvalue weighted by Crippen LogP contribution is 2.37. The van der Waals surface area contributed by atoms with Gasteiger partial charge in [0.15, 0.2) is 5.69 Å². The van der Waals surface area contributed by atoms with Crippen LogP contribution in [0.25, 0.3) is 11.3 Å². The predicted molar refractivity (Wildman–Crippen MR) is 153 cm³/mol. The number of benzene rings is 1. The number of halogens is 4. The zero-order chi connectivity index (χ0) is 31.1. The van der Waals surface area contributed by atoms with Gasteiger partial charge in [-0.25, -0.2) is 9.97 Å². The highest BCUT2D eigenvalue weighted by Gasteiger charge is 2.36. The van der Waals surface area contributed by atoms with Crippen molar-refractivity contribution in [3.63, 3.8) is 0 Å².